The van der Waals surface area contributed by atoms with Gasteiger partial charge in [-0.25, -0.2) is 9.89 Å². The van der Waals surface area contributed by atoms with Crippen LogP contribution in [-0.2, 0) is 9.59 Å². The highest BCUT2D eigenvalue weighted by Gasteiger charge is 2.40. The molecule has 2 atom stereocenters. The van der Waals surface area contributed by atoms with Gasteiger partial charge in [0, 0.05) is 11.3 Å². The van der Waals surface area contributed by atoms with E-state index in [-0.39, 0.29) is 11.8 Å². The van der Waals surface area contributed by atoms with Crippen molar-refractivity contribution in [2.45, 2.75) is 32.1 Å². The van der Waals surface area contributed by atoms with Crippen molar-refractivity contribution in [1.82, 2.24) is 4.90 Å². The molecule has 0 saturated carbocycles. The Morgan fingerprint density at radius 3 is 2.79 bits per heavy atom. The minimum Gasteiger partial charge on any atom is -0.325 e. The second kappa shape index (κ2) is 7.24. The number of rotatable bonds is 3. The smallest absolute Gasteiger partial charge is 0.258 e. The molecule has 0 spiro atoms. The standard InChI is InChI=1S/C21H20N4O2S/c1-12-7-6-8-15(11-12)23-19(26)14(3)28-21-24-17-10-5-4-9-16(17)18-22-13(2)20(27)25(18)21/h4-11,13-14H,1-3H3,(H,23,26). The van der Waals surface area contributed by atoms with E-state index in [0.717, 1.165) is 22.5 Å². The molecule has 2 aromatic rings. The zero-order valence-corrected chi connectivity index (χ0v) is 16.7. The molecule has 0 saturated heterocycles. The zero-order valence-electron chi connectivity index (χ0n) is 15.8. The van der Waals surface area contributed by atoms with E-state index in [0.29, 0.717) is 11.0 Å². The van der Waals surface area contributed by atoms with Gasteiger partial charge in [0.15, 0.2) is 5.17 Å². The summed E-state index contributed by atoms with van der Waals surface area (Å²) in [6, 6.07) is 14.8. The minimum atomic E-state index is -0.455. The molecule has 2 heterocycles. The number of fused-ring (bicyclic) bond motifs is 3. The Labute approximate surface area is 167 Å². The van der Waals surface area contributed by atoms with E-state index in [4.69, 9.17) is 0 Å². The topological polar surface area (TPSA) is 74.1 Å². The molecule has 6 nitrogen and oxygen atoms in total. The lowest BCUT2D eigenvalue weighted by Crippen LogP contribution is -2.41. The zero-order chi connectivity index (χ0) is 19.8. The lowest BCUT2D eigenvalue weighted by Gasteiger charge is -2.26. The number of aryl methyl sites for hydroxylation is 1. The monoisotopic (exact) mass is 392 g/mol. The van der Waals surface area contributed by atoms with Gasteiger partial charge in [0.05, 0.1) is 10.9 Å². The van der Waals surface area contributed by atoms with Crippen LogP contribution in [0.4, 0.5) is 11.4 Å². The number of aliphatic imine (C=N–C) groups is 2. The fraction of sp³-hybridized carbons (Fsp3) is 0.238. The molecule has 2 aliphatic heterocycles. The lowest BCUT2D eigenvalue weighted by atomic mass is 10.1. The SMILES string of the molecule is Cc1cccc(NC(=O)C(C)SC2=Nc3ccccc3C3=NC(C)C(=O)N23)c1. The van der Waals surface area contributed by atoms with Gasteiger partial charge in [-0.3, -0.25) is 14.6 Å². The average molecular weight is 392 g/mol. The third kappa shape index (κ3) is 3.33. The maximum absolute atomic E-state index is 12.7. The van der Waals surface area contributed by atoms with Gasteiger partial charge < -0.3 is 5.32 Å². The van der Waals surface area contributed by atoms with Crippen LogP contribution in [0.5, 0.6) is 0 Å². The minimum absolute atomic E-state index is 0.123. The molecular formula is C21H20N4O2S. The maximum atomic E-state index is 12.7. The van der Waals surface area contributed by atoms with Crippen LogP contribution in [-0.4, -0.2) is 39.0 Å². The van der Waals surface area contributed by atoms with Crippen molar-refractivity contribution in [1.29, 1.82) is 0 Å². The summed E-state index contributed by atoms with van der Waals surface area (Å²) in [4.78, 5) is 36.0. The molecular weight excluding hydrogens is 372 g/mol. The molecule has 0 aromatic heterocycles. The van der Waals surface area contributed by atoms with Gasteiger partial charge in [0.25, 0.3) is 5.91 Å². The van der Waals surface area contributed by atoms with E-state index in [9.17, 15) is 9.59 Å². The third-order valence-corrected chi connectivity index (χ3v) is 5.65. The molecule has 28 heavy (non-hydrogen) atoms. The number of carbonyl (C=O) groups is 2. The highest BCUT2D eigenvalue weighted by molar-refractivity contribution is 8.15. The number of benzene rings is 2. The summed E-state index contributed by atoms with van der Waals surface area (Å²) >= 11 is 1.26. The molecule has 4 rings (SSSR count). The molecule has 7 heteroatoms. The Kier molecular flexibility index (Phi) is 4.77. The van der Waals surface area contributed by atoms with Crippen molar-refractivity contribution >= 4 is 46.0 Å². The first-order valence-corrected chi connectivity index (χ1v) is 9.96. The van der Waals surface area contributed by atoms with Gasteiger partial charge in [-0.2, -0.15) is 0 Å². The molecule has 2 unspecified atom stereocenters. The van der Waals surface area contributed by atoms with Crippen molar-refractivity contribution in [3.05, 3.63) is 59.7 Å². The first-order valence-electron chi connectivity index (χ1n) is 9.08. The summed E-state index contributed by atoms with van der Waals surface area (Å²) in [5.74, 6) is 0.342. The fourth-order valence-electron chi connectivity index (χ4n) is 3.13. The molecule has 2 aliphatic rings. The van der Waals surface area contributed by atoms with Crippen LogP contribution >= 0.6 is 11.8 Å². The Balaban J connectivity index is 1.58. The molecule has 0 fully saturated rings. The molecule has 0 radical (unpaired) electrons. The first kappa shape index (κ1) is 18.4. The number of hydrogen-bond acceptors (Lipinski definition) is 5. The van der Waals surface area contributed by atoms with Crippen LogP contribution in [0.1, 0.15) is 25.0 Å². The molecule has 0 aliphatic carbocycles. The maximum Gasteiger partial charge on any atom is 0.258 e. The summed E-state index contributed by atoms with van der Waals surface area (Å²) in [5, 5.41) is 2.97. The first-order chi connectivity index (χ1) is 13.4. The second-order valence-corrected chi connectivity index (χ2v) is 8.14. The quantitative estimate of drug-likeness (QED) is 0.865. The Bertz CT molecular complexity index is 1030. The number of amides is 2. The summed E-state index contributed by atoms with van der Waals surface area (Å²) in [6.45, 7) is 5.55. The van der Waals surface area contributed by atoms with Crippen LogP contribution in [0.2, 0.25) is 0 Å². The van der Waals surface area contributed by atoms with E-state index in [1.54, 1.807) is 13.8 Å². The van der Waals surface area contributed by atoms with Gasteiger partial charge >= 0.3 is 0 Å². The fourth-order valence-corrected chi connectivity index (χ4v) is 4.05. The van der Waals surface area contributed by atoms with Crippen LogP contribution in [0, 0.1) is 6.92 Å². The number of carbonyl (C=O) groups excluding carboxylic acids is 2. The number of nitrogens with one attached hydrogen (secondary N) is 1. The number of para-hydroxylation sites is 1. The van der Waals surface area contributed by atoms with E-state index in [1.807, 2.05) is 55.5 Å². The van der Waals surface area contributed by atoms with Gasteiger partial charge in [-0.15, -0.1) is 0 Å². The summed E-state index contributed by atoms with van der Waals surface area (Å²) in [5.41, 5.74) is 3.42. The van der Waals surface area contributed by atoms with Crippen molar-refractivity contribution in [3.63, 3.8) is 0 Å². The number of hydrogen-bond donors (Lipinski definition) is 1. The van der Waals surface area contributed by atoms with E-state index < -0.39 is 11.3 Å². The molecule has 0 bridgehead atoms. The lowest BCUT2D eigenvalue weighted by molar-refractivity contribution is -0.124. The summed E-state index contributed by atoms with van der Waals surface area (Å²) in [7, 11) is 0. The van der Waals surface area contributed by atoms with Crippen molar-refractivity contribution in [2.24, 2.45) is 9.98 Å². The predicted molar refractivity (Wildman–Crippen MR) is 113 cm³/mol. The normalized spacial score (nSPS) is 18.8. The van der Waals surface area contributed by atoms with Crippen LogP contribution in [0.3, 0.4) is 0 Å². The van der Waals surface area contributed by atoms with Gasteiger partial charge in [0.2, 0.25) is 5.91 Å². The highest BCUT2D eigenvalue weighted by Crippen LogP contribution is 2.34. The Morgan fingerprint density at radius 1 is 1.21 bits per heavy atom. The predicted octanol–water partition coefficient (Wildman–Crippen LogP) is 3.73. The van der Waals surface area contributed by atoms with E-state index in [2.05, 4.69) is 15.3 Å². The van der Waals surface area contributed by atoms with Crippen LogP contribution < -0.4 is 5.32 Å². The second-order valence-electron chi connectivity index (χ2n) is 6.83. The highest BCUT2D eigenvalue weighted by atomic mass is 32.2. The number of amidine groups is 2. The van der Waals surface area contributed by atoms with Gasteiger partial charge in [-0.1, -0.05) is 36.0 Å². The van der Waals surface area contributed by atoms with Crippen LogP contribution in [0.15, 0.2) is 58.5 Å². The van der Waals surface area contributed by atoms with Crippen LogP contribution in [0.25, 0.3) is 0 Å². The van der Waals surface area contributed by atoms with E-state index >= 15 is 0 Å². The van der Waals surface area contributed by atoms with E-state index in [1.165, 1.54) is 16.7 Å². The van der Waals surface area contributed by atoms with Crippen molar-refractivity contribution in [3.8, 4) is 0 Å². The molecule has 2 aromatic carbocycles. The van der Waals surface area contributed by atoms with Crippen molar-refractivity contribution < 1.29 is 9.59 Å². The molecule has 142 valence electrons. The van der Waals surface area contributed by atoms with Gasteiger partial charge in [-0.05, 0) is 50.6 Å². The molecule has 1 N–H and O–H groups in total. The average Bonchev–Trinajstić information content (AvgIpc) is 2.97. The Morgan fingerprint density at radius 2 is 2.00 bits per heavy atom. The number of anilines is 1. The van der Waals surface area contributed by atoms with Crippen molar-refractivity contribution in [2.75, 3.05) is 5.32 Å². The third-order valence-electron chi connectivity index (χ3n) is 4.59. The largest absolute Gasteiger partial charge is 0.325 e. The Hall–Kier alpha value is -2.93. The number of thioether (sulfide) groups is 1. The number of nitrogens with zero attached hydrogens (tertiary/aromatic N) is 3. The van der Waals surface area contributed by atoms with Gasteiger partial charge in [0.1, 0.15) is 11.9 Å². The molecule has 2 amide bonds. The summed E-state index contributed by atoms with van der Waals surface area (Å²) < 4.78 is 0. The summed E-state index contributed by atoms with van der Waals surface area (Å²) in [6.07, 6.45) is 0.